The predicted octanol–water partition coefficient (Wildman–Crippen LogP) is 0.335. The number of hydrogen-bond acceptors (Lipinski definition) is 6. The first-order valence-corrected chi connectivity index (χ1v) is 8.71. The van der Waals surface area contributed by atoms with Gasteiger partial charge < -0.3 is 10.4 Å². The van der Waals surface area contributed by atoms with Gasteiger partial charge in [0, 0.05) is 31.8 Å². The van der Waals surface area contributed by atoms with E-state index in [0.29, 0.717) is 0 Å². The van der Waals surface area contributed by atoms with Crippen molar-refractivity contribution >= 4 is 39.0 Å². The van der Waals surface area contributed by atoms with E-state index in [-0.39, 0.29) is 40.6 Å². The summed E-state index contributed by atoms with van der Waals surface area (Å²) in [6.45, 7) is 0. The minimum absolute atomic E-state index is 0.0163. The van der Waals surface area contributed by atoms with Crippen molar-refractivity contribution in [1.82, 2.24) is 5.01 Å². The number of nitrogens with one attached hydrogen (secondary N) is 1. The van der Waals surface area contributed by atoms with Crippen molar-refractivity contribution in [1.29, 1.82) is 0 Å². The summed E-state index contributed by atoms with van der Waals surface area (Å²) in [5.74, 6) is -2.17. The monoisotopic (exact) mass is 353 g/mol. The highest BCUT2D eigenvalue weighted by Crippen LogP contribution is 2.20. The first kappa shape index (κ1) is 17.6. The van der Waals surface area contributed by atoms with Gasteiger partial charge in [0.1, 0.15) is 5.71 Å². The van der Waals surface area contributed by atoms with Crippen molar-refractivity contribution in [2.24, 2.45) is 5.10 Å². The van der Waals surface area contributed by atoms with Gasteiger partial charge in [-0.15, -0.1) is 0 Å². The molecule has 0 unspecified atom stereocenters. The zero-order valence-corrected chi connectivity index (χ0v) is 13.8. The van der Waals surface area contributed by atoms with Gasteiger partial charge in [-0.25, -0.2) is 18.2 Å². The maximum atomic E-state index is 12.2. The van der Waals surface area contributed by atoms with Crippen molar-refractivity contribution in [2.75, 3.05) is 18.6 Å². The Hall–Kier alpha value is -2.75. The van der Waals surface area contributed by atoms with Crippen LogP contribution in [0.3, 0.4) is 0 Å². The van der Waals surface area contributed by atoms with E-state index < -0.39 is 21.7 Å². The minimum Gasteiger partial charge on any atom is -0.478 e. The Morgan fingerprint density at radius 2 is 1.92 bits per heavy atom. The van der Waals surface area contributed by atoms with E-state index in [2.05, 4.69) is 10.4 Å². The van der Waals surface area contributed by atoms with E-state index in [1.165, 1.54) is 7.05 Å². The molecule has 2 N–H and O–H groups in total. The van der Waals surface area contributed by atoms with Gasteiger partial charge in [-0.1, -0.05) is 0 Å². The molecule has 1 aromatic rings. The molecule has 0 aromatic heterocycles. The number of carboxylic acids is 1. The van der Waals surface area contributed by atoms with E-state index in [1.54, 1.807) is 0 Å². The van der Waals surface area contributed by atoms with Crippen molar-refractivity contribution < 1.29 is 27.9 Å². The highest BCUT2D eigenvalue weighted by molar-refractivity contribution is 7.90. The number of sulfone groups is 1. The minimum atomic E-state index is -3.66. The number of carboxylic acid groups (broad SMARTS) is 1. The van der Waals surface area contributed by atoms with E-state index >= 15 is 0 Å². The SMILES string of the molecule is CN1N=C(C(=O)Nc2cc(C(=O)O)cc(S(C)(=O)=O)c2)CCC1=O. The zero-order valence-electron chi connectivity index (χ0n) is 12.9. The van der Waals surface area contributed by atoms with Crippen LogP contribution in [0.15, 0.2) is 28.2 Å². The van der Waals surface area contributed by atoms with Gasteiger partial charge in [0.25, 0.3) is 5.91 Å². The summed E-state index contributed by atoms with van der Waals surface area (Å²) in [5, 5.41) is 16.4. The molecule has 2 rings (SSSR count). The Morgan fingerprint density at radius 3 is 2.46 bits per heavy atom. The quantitative estimate of drug-likeness (QED) is 0.801. The molecule has 0 saturated carbocycles. The fourth-order valence-corrected chi connectivity index (χ4v) is 2.73. The highest BCUT2D eigenvalue weighted by atomic mass is 32.2. The summed E-state index contributed by atoms with van der Waals surface area (Å²) in [5.41, 5.74) is -0.160. The maximum absolute atomic E-state index is 12.2. The third-order valence-electron chi connectivity index (χ3n) is 3.31. The largest absolute Gasteiger partial charge is 0.478 e. The Bertz CT molecular complexity index is 859. The Labute approximate surface area is 137 Å². The maximum Gasteiger partial charge on any atom is 0.335 e. The molecule has 10 heteroatoms. The van der Waals surface area contributed by atoms with Crippen molar-refractivity contribution in [2.45, 2.75) is 17.7 Å². The smallest absolute Gasteiger partial charge is 0.335 e. The molecular formula is C14H15N3O6S. The summed E-state index contributed by atoms with van der Waals surface area (Å²) in [7, 11) is -2.24. The summed E-state index contributed by atoms with van der Waals surface area (Å²) >= 11 is 0. The van der Waals surface area contributed by atoms with Crippen LogP contribution in [0, 0.1) is 0 Å². The van der Waals surface area contributed by atoms with Crippen LogP contribution in [0.5, 0.6) is 0 Å². The third-order valence-corrected chi connectivity index (χ3v) is 4.40. The van der Waals surface area contributed by atoms with Crippen LogP contribution in [0.1, 0.15) is 23.2 Å². The number of amides is 2. The topological polar surface area (TPSA) is 133 Å². The van der Waals surface area contributed by atoms with Gasteiger partial charge in [-0.3, -0.25) is 9.59 Å². The first-order chi connectivity index (χ1) is 11.1. The Balaban J connectivity index is 2.34. The lowest BCUT2D eigenvalue weighted by atomic mass is 10.1. The molecule has 0 bridgehead atoms. The van der Waals surface area contributed by atoms with Gasteiger partial charge in [-0.05, 0) is 18.2 Å². The molecular weight excluding hydrogens is 338 g/mol. The molecule has 0 saturated heterocycles. The summed E-state index contributed by atoms with van der Waals surface area (Å²) < 4.78 is 23.3. The number of benzene rings is 1. The summed E-state index contributed by atoms with van der Waals surface area (Å²) in [6.07, 6.45) is 1.21. The fraction of sp³-hybridized carbons (Fsp3) is 0.286. The van der Waals surface area contributed by atoms with Crippen LogP contribution in [0.2, 0.25) is 0 Å². The normalized spacial score (nSPS) is 15.0. The van der Waals surface area contributed by atoms with Crippen molar-refractivity contribution in [3.63, 3.8) is 0 Å². The fourth-order valence-electron chi connectivity index (χ4n) is 2.04. The lowest BCUT2D eigenvalue weighted by Gasteiger charge is -2.19. The van der Waals surface area contributed by atoms with Gasteiger partial charge in [0.15, 0.2) is 9.84 Å². The van der Waals surface area contributed by atoms with E-state index in [4.69, 9.17) is 5.11 Å². The highest BCUT2D eigenvalue weighted by Gasteiger charge is 2.23. The second kappa shape index (κ2) is 6.40. The number of aromatic carboxylic acids is 1. The van der Waals surface area contributed by atoms with Gasteiger partial charge >= 0.3 is 5.97 Å². The molecule has 0 fully saturated rings. The average molecular weight is 353 g/mol. The van der Waals surface area contributed by atoms with Gasteiger partial charge in [-0.2, -0.15) is 5.10 Å². The number of carbonyl (C=O) groups is 3. The molecule has 128 valence electrons. The lowest BCUT2D eigenvalue weighted by Crippen LogP contribution is -2.34. The number of anilines is 1. The average Bonchev–Trinajstić information content (AvgIpc) is 2.48. The first-order valence-electron chi connectivity index (χ1n) is 6.82. The molecule has 0 spiro atoms. The summed E-state index contributed by atoms with van der Waals surface area (Å²) in [6, 6.07) is 3.32. The number of hydrazone groups is 1. The van der Waals surface area contributed by atoms with Crippen molar-refractivity contribution in [3.8, 4) is 0 Å². The number of carbonyl (C=O) groups excluding carboxylic acids is 2. The molecule has 9 nitrogen and oxygen atoms in total. The molecule has 24 heavy (non-hydrogen) atoms. The standard InChI is InChI=1S/C14H15N3O6S/c1-17-12(18)4-3-11(16-17)13(19)15-9-5-8(14(20)21)6-10(7-9)24(2,22)23/h5-7H,3-4H2,1-2H3,(H,15,19)(H,20,21). The van der Waals surface area contributed by atoms with E-state index in [0.717, 1.165) is 29.5 Å². The number of rotatable bonds is 4. The molecule has 1 heterocycles. The second-order valence-electron chi connectivity index (χ2n) is 5.24. The second-order valence-corrected chi connectivity index (χ2v) is 7.26. The molecule has 1 aromatic carbocycles. The number of hydrogen-bond donors (Lipinski definition) is 2. The number of nitrogens with zero attached hydrogens (tertiary/aromatic N) is 2. The van der Waals surface area contributed by atoms with Gasteiger partial charge in [0.2, 0.25) is 5.91 Å². The molecule has 0 aliphatic carbocycles. The van der Waals surface area contributed by atoms with Crippen molar-refractivity contribution in [3.05, 3.63) is 23.8 Å². The zero-order chi connectivity index (χ0) is 18.1. The molecule has 2 amide bonds. The van der Waals surface area contributed by atoms with E-state index in [1.807, 2.05) is 0 Å². The van der Waals surface area contributed by atoms with Gasteiger partial charge in [0.05, 0.1) is 10.5 Å². The molecule has 1 aliphatic heterocycles. The molecule has 0 atom stereocenters. The van der Waals surface area contributed by atoms with Crippen LogP contribution in [-0.4, -0.2) is 55.3 Å². The molecule has 1 aliphatic rings. The van der Waals surface area contributed by atoms with E-state index in [9.17, 15) is 22.8 Å². The summed E-state index contributed by atoms with van der Waals surface area (Å²) in [4.78, 5) is 34.4. The Morgan fingerprint density at radius 1 is 1.25 bits per heavy atom. The van der Waals surface area contributed by atoms with Crippen LogP contribution < -0.4 is 5.32 Å². The molecule has 0 radical (unpaired) electrons. The van der Waals surface area contributed by atoms with Crippen LogP contribution in [-0.2, 0) is 19.4 Å². The van der Waals surface area contributed by atoms with Crippen LogP contribution in [0.25, 0.3) is 0 Å². The van der Waals surface area contributed by atoms with Crippen LogP contribution in [0.4, 0.5) is 5.69 Å². The Kier molecular flexibility index (Phi) is 4.69. The third kappa shape index (κ3) is 3.96. The van der Waals surface area contributed by atoms with Crippen LogP contribution >= 0.6 is 0 Å². The lowest BCUT2D eigenvalue weighted by molar-refractivity contribution is -0.130. The predicted molar refractivity (Wildman–Crippen MR) is 84.6 cm³/mol.